The molecule has 0 aliphatic heterocycles. The van der Waals surface area contributed by atoms with Gasteiger partial charge in [0.2, 0.25) is 0 Å². The van der Waals surface area contributed by atoms with Crippen LogP contribution in [0.4, 0.5) is 4.39 Å². The van der Waals surface area contributed by atoms with Gasteiger partial charge < -0.3 is 14.8 Å². The van der Waals surface area contributed by atoms with E-state index in [2.05, 4.69) is 5.32 Å². The fourth-order valence-corrected chi connectivity index (χ4v) is 2.13. The molecule has 116 valence electrons. The summed E-state index contributed by atoms with van der Waals surface area (Å²) in [7, 11) is 2.99. The Hall–Kier alpha value is -2.56. The lowest BCUT2D eigenvalue weighted by atomic mass is 10.1. The van der Waals surface area contributed by atoms with E-state index < -0.39 is 5.82 Å². The number of nitrogens with one attached hydrogen (secondary N) is 1. The van der Waals surface area contributed by atoms with Crippen LogP contribution in [-0.4, -0.2) is 26.7 Å². The average Bonchev–Trinajstić information content (AvgIpc) is 2.55. The Balaban J connectivity index is 1.94. The molecule has 0 atom stereocenters. The minimum absolute atomic E-state index is 0.116. The van der Waals surface area contributed by atoms with Crippen LogP contribution in [0.5, 0.6) is 11.5 Å². The third kappa shape index (κ3) is 3.75. The first-order valence-electron chi connectivity index (χ1n) is 6.89. The Morgan fingerprint density at radius 1 is 1.09 bits per heavy atom. The van der Waals surface area contributed by atoms with E-state index in [1.807, 2.05) is 24.3 Å². The van der Waals surface area contributed by atoms with Crippen LogP contribution < -0.4 is 14.8 Å². The quantitative estimate of drug-likeness (QED) is 0.892. The third-order valence-electron chi connectivity index (χ3n) is 3.29. The third-order valence-corrected chi connectivity index (χ3v) is 3.29. The van der Waals surface area contributed by atoms with Crippen molar-refractivity contribution in [1.82, 2.24) is 5.32 Å². The zero-order chi connectivity index (χ0) is 15.9. The Bertz CT molecular complexity index is 658. The van der Waals surface area contributed by atoms with Gasteiger partial charge in [0.15, 0.2) is 11.6 Å². The molecule has 22 heavy (non-hydrogen) atoms. The molecule has 2 rings (SSSR count). The summed E-state index contributed by atoms with van der Waals surface area (Å²) < 4.78 is 23.7. The highest BCUT2D eigenvalue weighted by molar-refractivity contribution is 5.94. The molecule has 0 spiro atoms. The summed E-state index contributed by atoms with van der Waals surface area (Å²) in [6.07, 6.45) is 0.633. The van der Waals surface area contributed by atoms with Gasteiger partial charge in [0, 0.05) is 12.1 Å². The summed E-state index contributed by atoms with van der Waals surface area (Å²) in [5, 5.41) is 2.76. The second-order valence-corrected chi connectivity index (χ2v) is 4.67. The lowest BCUT2D eigenvalue weighted by Gasteiger charge is -2.09. The van der Waals surface area contributed by atoms with E-state index >= 15 is 0 Å². The SMILES string of the molecule is COc1ccc(C(=O)NCCc2ccccc2OC)cc1F. The van der Waals surface area contributed by atoms with Gasteiger partial charge in [-0.25, -0.2) is 4.39 Å². The number of para-hydroxylation sites is 1. The first-order chi connectivity index (χ1) is 10.7. The molecule has 2 aromatic rings. The molecule has 0 bridgehead atoms. The molecular formula is C17H18FNO3. The summed E-state index contributed by atoms with van der Waals surface area (Å²) in [6.45, 7) is 0.437. The second kappa shape index (κ2) is 7.45. The molecule has 0 heterocycles. The Morgan fingerprint density at radius 3 is 2.50 bits per heavy atom. The van der Waals surface area contributed by atoms with Gasteiger partial charge in [-0.3, -0.25) is 4.79 Å². The highest BCUT2D eigenvalue weighted by atomic mass is 19.1. The Kier molecular flexibility index (Phi) is 5.36. The zero-order valence-electron chi connectivity index (χ0n) is 12.6. The van der Waals surface area contributed by atoms with Crippen LogP contribution in [0.15, 0.2) is 42.5 Å². The van der Waals surface area contributed by atoms with Crippen molar-refractivity contribution in [2.24, 2.45) is 0 Å². The predicted octanol–water partition coefficient (Wildman–Crippen LogP) is 2.82. The van der Waals surface area contributed by atoms with E-state index in [1.54, 1.807) is 7.11 Å². The zero-order valence-corrected chi connectivity index (χ0v) is 12.6. The molecular weight excluding hydrogens is 285 g/mol. The number of rotatable bonds is 6. The van der Waals surface area contributed by atoms with Crippen molar-refractivity contribution in [2.45, 2.75) is 6.42 Å². The van der Waals surface area contributed by atoms with Crippen molar-refractivity contribution in [1.29, 1.82) is 0 Å². The lowest BCUT2D eigenvalue weighted by Crippen LogP contribution is -2.25. The highest BCUT2D eigenvalue weighted by Crippen LogP contribution is 2.18. The summed E-state index contributed by atoms with van der Waals surface area (Å²) in [5.74, 6) is 0.0224. The molecule has 0 radical (unpaired) electrons. The van der Waals surface area contributed by atoms with Crippen molar-refractivity contribution in [3.8, 4) is 11.5 Å². The lowest BCUT2D eigenvalue weighted by molar-refractivity contribution is 0.0953. The molecule has 0 unspecified atom stereocenters. The molecule has 0 aliphatic rings. The molecule has 0 aromatic heterocycles. The van der Waals surface area contributed by atoms with Crippen LogP contribution in [0.1, 0.15) is 15.9 Å². The summed E-state index contributed by atoms with van der Waals surface area (Å²) in [4.78, 5) is 12.0. The van der Waals surface area contributed by atoms with Crippen molar-refractivity contribution in [2.75, 3.05) is 20.8 Å². The maximum atomic E-state index is 13.6. The average molecular weight is 303 g/mol. The smallest absolute Gasteiger partial charge is 0.251 e. The molecule has 0 saturated heterocycles. The van der Waals surface area contributed by atoms with E-state index in [1.165, 1.54) is 19.2 Å². The normalized spacial score (nSPS) is 10.1. The van der Waals surface area contributed by atoms with Crippen LogP contribution in [0.3, 0.4) is 0 Å². The number of benzene rings is 2. The molecule has 5 heteroatoms. The number of halogens is 1. The van der Waals surface area contributed by atoms with Crippen LogP contribution in [0, 0.1) is 5.82 Å². The number of carbonyl (C=O) groups is 1. The van der Waals surface area contributed by atoms with Gasteiger partial charge in [0.25, 0.3) is 5.91 Å². The van der Waals surface area contributed by atoms with Gasteiger partial charge in [0.1, 0.15) is 5.75 Å². The van der Waals surface area contributed by atoms with Crippen LogP contribution in [0.25, 0.3) is 0 Å². The second-order valence-electron chi connectivity index (χ2n) is 4.67. The van der Waals surface area contributed by atoms with E-state index in [-0.39, 0.29) is 17.2 Å². The molecule has 0 fully saturated rings. The van der Waals surface area contributed by atoms with E-state index in [9.17, 15) is 9.18 Å². The van der Waals surface area contributed by atoms with Crippen molar-refractivity contribution < 1.29 is 18.7 Å². The highest BCUT2D eigenvalue weighted by Gasteiger charge is 2.10. The molecule has 1 N–H and O–H groups in total. The summed E-state index contributed by atoms with van der Waals surface area (Å²) in [5.41, 5.74) is 1.27. The molecule has 0 saturated carbocycles. The number of carbonyl (C=O) groups excluding carboxylic acids is 1. The molecule has 0 aliphatic carbocycles. The monoisotopic (exact) mass is 303 g/mol. The number of hydrogen-bond acceptors (Lipinski definition) is 3. The minimum Gasteiger partial charge on any atom is -0.496 e. The van der Waals surface area contributed by atoms with Crippen LogP contribution >= 0.6 is 0 Å². The van der Waals surface area contributed by atoms with E-state index in [0.717, 1.165) is 17.4 Å². The van der Waals surface area contributed by atoms with Gasteiger partial charge in [-0.1, -0.05) is 18.2 Å². The minimum atomic E-state index is -0.556. The largest absolute Gasteiger partial charge is 0.496 e. The number of amides is 1. The predicted molar refractivity (Wildman–Crippen MR) is 82.0 cm³/mol. The Morgan fingerprint density at radius 2 is 1.82 bits per heavy atom. The van der Waals surface area contributed by atoms with Gasteiger partial charge in [0.05, 0.1) is 14.2 Å². The van der Waals surface area contributed by atoms with Crippen LogP contribution in [-0.2, 0) is 6.42 Å². The van der Waals surface area contributed by atoms with E-state index in [0.29, 0.717) is 13.0 Å². The van der Waals surface area contributed by atoms with Crippen molar-refractivity contribution >= 4 is 5.91 Å². The maximum Gasteiger partial charge on any atom is 0.251 e. The maximum absolute atomic E-state index is 13.6. The molecule has 4 nitrogen and oxygen atoms in total. The van der Waals surface area contributed by atoms with Gasteiger partial charge in [-0.05, 0) is 36.2 Å². The topological polar surface area (TPSA) is 47.6 Å². The molecule has 1 amide bonds. The van der Waals surface area contributed by atoms with Gasteiger partial charge in [-0.2, -0.15) is 0 Å². The number of hydrogen-bond donors (Lipinski definition) is 1. The van der Waals surface area contributed by atoms with Crippen molar-refractivity contribution in [3.05, 3.63) is 59.4 Å². The van der Waals surface area contributed by atoms with Crippen LogP contribution in [0.2, 0.25) is 0 Å². The standard InChI is InChI=1S/C17H18FNO3/c1-21-15-6-4-3-5-12(15)9-10-19-17(20)13-7-8-16(22-2)14(18)11-13/h3-8,11H,9-10H2,1-2H3,(H,19,20). The fourth-order valence-electron chi connectivity index (χ4n) is 2.13. The van der Waals surface area contributed by atoms with Crippen molar-refractivity contribution in [3.63, 3.8) is 0 Å². The fraction of sp³-hybridized carbons (Fsp3) is 0.235. The summed E-state index contributed by atoms with van der Waals surface area (Å²) in [6, 6.07) is 11.7. The molecule has 2 aromatic carbocycles. The number of methoxy groups -OCH3 is 2. The number of ether oxygens (including phenoxy) is 2. The van der Waals surface area contributed by atoms with Gasteiger partial charge in [-0.15, -0.1) is 0 Å². The first-order valence-corrected chi connectivity index (χ1v) is 6.89. The van der Waals surface area contributed by atoms with Gasteiger partial charge >= 0.3 is 0 Å². The first kappa shape index (κ1) is 15.8. The summed E-state index contributed by atoms with van der Waals surface area (Å²) >= 11 is 0. The Labute approximate surface area is 128 Å². The van der Waals surface area contributed by atoms with E-state index in [4.69, 9.17) is 9.47 Å².